The number of para-hydroxylation sites is 1. The Morgan fingerprint density at radius 2 is 1.81 bits per heavy atom. The third-order valence-corrected chi connectivity index (χ3v) is 6.25. The van der Waals surface area contributed by atoms with E-state index in [-0.39, 0.29) is 18.7 Å². The zero-order valence-corrected chi connectivity index (χ0v) is 20.8. The second-order valence-corrected chi connectivity index (χ2v) is 8.83. The number of hydrogen-bond acceptors (Lipinski definition) is 6. The standard InChI is InChI=1S/C27H33N3O6/c1-4-20(28-22(31)14-13-18-10-6-5-7-11-18)27(35)30-21(15-19-12-8-9-17(2)25(19)30)26(34)29-23(32)16-24(33)36-3/h5-12,20-21,23,32H,4,13-16H2,1-3H3,(H,28,31)(H,29,34)/t20-,21?,23?/m0/s1. The van der Waals surface area contributed by atoms with Crippen LogP contribution in [0.3, 0.4) is 0 Å². The Morgan fingerprint density at radius 1 is 1.08 bits per heavy atom. The molecule has 3 rings (SSSR count). The van der Waals surface area contributed by atoms with E-state index in [1.807, 2.05) is 55.5 Å². The molecular formula is C27H33N3O6. The van der Waals surface area contributed by atoms with E-state index in [2.05, 4.69) is 15.4 Å². The third-order valence-electron chi connectivity index (χ3n) is 6.25. The van der Waals surface area contributed by atoms with Crippen molar-refractivity contribution in [3.05, 3.63) is 65.2 Å². The molecule has 3 amide bonds. The Bertz CT molecular complexity index is 1100. The van der Waals surface area contributed by atoms with Crippen LogP contribution in [-0.2, 0) is 36.8 Å². The SMILES string of the molecule is CC[C@H](NC(=O)CCc1ccccc1)C(=O)N1c2c(C)cccc2CC1C(=O)NC(O)CC(=O)OC. The molecule has 36 heavy (non-hydrogen) atoms. The lowest BCUT2D eigenvalue weighted by molar-refractivity contribution is -0.144. The molecule has 0 bridgehead atoms. The summed E-state index contributed by atoms with van der Waals surface area (Å²) in [5, 5.41) is 15.3. The Hall–Kier alpha value is -3.72. The van der Waals surface area contributed by atoms with Gasteiger partial charge in [0.25, 0.3) is 0 Å². The number of methoxy groups -OCH3 is 1. The van der Waals surface area contributed by atoms with Gasteiger partial charge in [-0.25, -0.2) is 0 Å². The largest absolute Gasteiger partial charge is 0.469 e. The number of esters is 1. The fourth-order valence-electron chi connectivity index (χ4n) is 4.39. The number of hydrogen-bond donors (Lipinski definition) is 3. The van der Waals surface area contributed by atoms with Crippen molar-refractivity contribution in [3.8, 4) is 0 Å². The van der Waals surface area contributed by atoms with E-state index in [4.69, 9.17) is 0 Å². The number of carbonyl (C=O) groups is 4. The van der Waals surface area contributed by atoms with Gasteiger partial charge in [0.15, 0.2) is 0 Å². The van der Waals surface area contributed by atoms with Gasteiger partial charge in [0.2, 0.25) is 17.7 Å². The van der Waals surface area contributed by atoms with Gasteiger partial charge in [-0.05, 0) is 36.5 Å². The lowest BCUT2D eigenvalue weighted by Gasteiger charge is -2.30. The average Bonchev–Trinajstić information content (AvgIpc) is 3.27. The van der Waals surface area contributed by atoms with E-state index in [0.29, 0.717) is 18.5 Å². The number of benzene rings is 2. The average molecular weight is 496 g/mol. The summed E-state index contributed by atoms with van der Waals surface area (Å²) in [6, 6.07) is 13.4. The van der Waals surface area contributed by atoms with E-state index in [0.717, 1.165) is 16.7 Å². The molecule has 0 spiro atoms. The summed E-state index contributed by atoms with van der Waals surface area (Å²) in [5.74, 6) is -1.93. The van der Waals surface area contributed by atoms with E-state index in [9.17, 15) is 24.3 Å². The molecule has 192 valence electrons. The Morgan fingerprint density at radius 3 is 2.47 bits per heavy atom. The maximum Gasteiger partial charge on any atom is 0.310 e. The molecule has 0 saturated heterocycles. The van der Waals surface area contributed by atoms with Crippen molar-refractivity contribution in [1.82, 2.24) is 10.6 Å². The Labute approximate surface area is 210 Å². The fraction of sp³-hybridized carbons (Fsp3) is 0.407. The smallest absolute Gasteiger partial charge is 0.310 e. The van der Waals surface area contributed by atoms with E-state index in [1.165, 1.54) is 12.0 Å². The zero-order valence-electron chi connectivity index (χ0n) is 20.8. The summed E-state index contributed by atoms with van der Waals surface area (Å²) in [6.07, 6.45) is -0.500. The Kier molecular flexibility index (Phi) is 9.19. The number of fused-ring (bicyclic) bond motifs is 1. The summed E-state index contributed by atoms with van der Waals surface area (Å²) >= 11 is 0. The highest BCUT2D eigenvalue weighted by Gasteiger charge is 2.42. The van der Waals surface area contributed by atoms with Crippen LogP contribution >= 0.6 is 0 Å². The highest BCUT2D eigenvalue weighted by atomic mass is 16.5. The molecule has 2 unspecified atom stereocenters. The van der Waals surface area contributed by atoms with Gasteiger partial charge in [-0.15, -0.1) is 0 Å². The maximum absolute atomic E-state index is 13.7. The summed E-state index contributed by atoms with van der Waals surface area (Å²) in [4.78, 5) is 52.4. The number of nitrogens with zero attached hydrogens (tertiary/aromatic N) is 1. The number of carbonyl (C=O) groups excluding carboxylic acids is 4. The molecule has 9 heteroatoms. The van der Waals surface area contributed by atoms with Crippen molar-refractivity contribution >= 4 is 29.4 Å². The van der Waals surface area contributed by atoms with Crippen molar-refractivity contribution in [2.24, 2.45) is 0 Å². The second-order valence-electron chi connectivity index (χ2n) is 8.83. The molecule has 9 nitrogen and oxygen atoms in total. The predicted molar refractivity (Wildman–Crippen MR) is 134 cm³/mol. The molecule has 0 radical (unpaired) electrons. The molecule has 1 aliphatic heterocycles. The number of rotatable bonds is 10. The zero-order chi connectivity index (χ0) is 26.2. The van der Waals surface area contributed by atoms with Crippen molar-refractivity contribution in [1.29, 1.82) is 0 Å². The number of amides is 3. The highest BCUT2D eigenvalue weighted by Crippen LogP contribution is 2.36. The maximum atomic E-state index is 13.7. The highest BCUT2D eigenvalue weighted by molar-refractivity contribution is 6.07. The van der Waals surface area contributed by atoms with Crippen LogP contribution in [0.2, 0.25) is 0 Å². The summed E-state index contributed by atoms with van der Waals surface area (Å²) in [6.45, 7) is 3.65. The minimum Gasteiger partial charge on any atom is -0.469 e. The summed E-state index contributed by atoms with van der Waals surface area (Å²) in [5.41, 5.74) is 3.29. The van der Waals surface area contributed by atoms with Crippen LogP contribution in [0, 0.1) is 6.92 Å². The number of ether oxygens (including phenoxy) is 1. The van der Waals surface area contributed by atoms with Crippen molar-refractivity contribution < 1.29 is 29.0 Å². The van der Waals surface area contributed by atoms with Gasteiger partial charge < -0.3 is 20.5 Å². The molecule has 0 aromatic heterocycles. The van der Waals surface area contributed by atoms with E-state index in [1.54, 1.807) is 6.92 Å². The molecule has 1 aliphatic rings. The van der Waals surface area contributed by atoms with Crippen LogP contribution in [0.5, 0.6) is 0 Å². The van der Waals surface area contributed by atoms with Crippen molar-refractivity contribution in [2.45, 2.75) is 64.3 Å². The molecule has 3 N–H and O–H groups in total. The van der Waals surface area contributed by atoms with Gasteiger partial charge in [-0.3, -0.25) is 24.1 Å². The van der Waals surface area contributed by atoms with Gasteiger partial charge in [0, 0.05) is 12.8 Å². The van der Waals surface area contributed by atoms with Gasteiger partial charge in [-0.1, -0.05) is 55.5 Å². The first-order valence-corrected chi connectivity index (χ1v) is 12.0. The third kappa shape index (κ3) is 6.48. The molecule has 0 aliphatic carbocycles. The molecule has 2 aromatic rings. The molecule has 2 aromatic carbocycles. The minimum atomic E-state index is -1.45. The number of anilines is 1. The molecular weight excluding hydrogens is 462 g/mol. The van der Waals surface area contributed by atoms with Gasteiger partial charge in [0.1, 0.15) is 18.3 Å². The van der Waals surface area contributed by atoms with Crippen LogP contribution in [0.4, 0.5) is 5.69 Å². The molecule has 1 heterocycles. The summed E-state index contributed by atoms with van der Waals surface area (Å²) in [7, 11) is 1.19. The number of aliphatic hydroxyl groups is 1. The topological polar surface area (TPSA) is 125 Å². The first-order valence-electron chi connectivity index (χ1n) is 12.0. The number of nitrogens with one attached hydrogen (secondary N) is 2. The van der Waals surface area contributed by atoms with Crippen LogP contribution in [0.1, 0.15) is 42.9 Å². The first kappa shape index (κ1) is 26.9. The molecule has 3 atom stereocenters. The van der Waals surface area contributed by atoms with Gasteiger partial charge >= 0.3 is 5.97 Å². The predicted octanol–water partition coefficient (Wildman–Crippen LogP) is 1.78. The fourth-order valence-corrected chi connectivity index (χ4v) is 4.39. The Balaban J connectivity index is 1.76. The van der Waals surface area contributed by atoms with Crippen LogP contribution < -0.4 is 15.5 Å². The quantitative estimate of drug-likeness (QED) is 0.341. The lowest BCUT2D eigenvalue weighted by Crippen LogP contribution is -2.56. The molecule has 0 fully saturated rings. The second kappa shape index (κ2) is 12.3. The van der Waals surface area contributed by atoms with Crippen LogP contribution in [0.15, 0.2) is 48.5 Å². The first-order chi connectivity index (χ1) is 17.2. The summed E-state index contributed by atoms with van der Waals surface area (Å²) < 4.78 is 4.53. The van der Waals surface area contributed by atoms with Gasteiger partial charge in [0.05, 0.1) is 19.2 Å². The normalized spacial score (nSPS) is 16.0. The lowest BCUT2D eigenvalue weighted by atomic mass is 10.1. The van der Waals surface area contributed by atoms with E-state index < -0.39 is 42.5 Å². The number of aliphatic hydroxyl groups excluding tert-OH is 1. The van der Waals surface area contributed by atoms with Crippen LogP contribution in [-0.4, -0.2) is 54.2 Å². The van der Waals surface area contributed by atoms with Crippen molar-refractivity contribution in [2.75, 3.05) is 12.0 Å². The minimum absolute atomic E-state index is 0.229. The van der Waals surface area contributed by atoms with Crippen LogP contribution in [0.25, 0.3) is 0 Å². The van der Waals surface area contributed by atoms with Crippen molar-refractivity contribution in [3.63, 3.8) is 0 Å². The van der Waals surface area contributed by atoms with E-state index >= 15 is 0 Å². The monoisotopic (exact) mass is 495 g/mol. The molecule has 0 saturated carbocycles. The van der Waals surface area contributed by atoms with Gasteiger partial charge in [-0.2, -0.15) is 0 Å². The number of aryl methyl sites for hydroxylation is 2.